The molecule has 1 aliphatic rings. The number of fused-ring (bicyclic) bond motifs is 1. The first kappa shape index (κ1) is 19.3. The van der Waals surface area contributed by atoms with Crippen LogP contribution in [-0.4, -0.2) is 32.0 Å². The largest absolute Gasteiger partial charge is 0.344 e. The van der Waals surface area contributed by atoms with Gasteiger partial charge in [0, 0.05) is 47.8 Å². The van der Waals surface area contributed by atoms with E-state index in [1.165, 1.54) is 6.20 Å². The highest BCUT2D eigenvalue weighted by Crippen LogP contribution is 2.33. The molecule has 3 heterocycles. The molecule has 0 bridgehead atoms. The van der Waals surface area contributed by atoms with Crippen LogP contribution in [0.15, 0.2) is 73.3 Å². The van der Waals surface area contributed by atoms with Crippen molar-refractivity contribution in [1.29, 1.82) is 0 Å². The smallest absolute Gasteiger partial charge is 0.291 e. The first-order valence-electron chi connectivity index (χ1n) is 9.96. The molecule has 2 aromatic heterocycles. The van der Waals surface area contributed by atoms with Gasteiger partial charge >= 0.3 is 0 Å². The van der Waals surface area contributed by atoms with Crippen LogP contribution in [0.4, 0.5) is 17.2 Å². The monoisotopic (exact) mass is 425 g/mol. The molecule has 2 aromatic carbocycles. The van der Waals surface area contributed by atoms with E-state index in [2.05, 4.69) is 36.1 Å². The SMILES string of the molecule is O=C1Nc2ccc(Cc3cccc(NC(=O)c4ncc[nH]4)c3)cc2/C1=C/Nc1cc[nH]n1. The van der Waals surface area contributed by atoms with Crippen molar-refractivity contribution in [2.24, 2.45) is 0 Å². The molecule has 0 aliphatic carbocycles. The summed E-state index contributed by atoms with van der Waals surface area (Å²) in [5.41, 5.74) is 4.90. The van der Waals surface area contributed by atoms with Crippen molar-refractivity contribution >= 4 is 34.6 Å². The van der Waals surface area contributed by atoms with Crippen molar-refractivity contribution in [3.63, 3.8) is 0 Å². The molecule has 4 aromatic rings. The van der Waals surface area contributed by atoms with Crippen molar-refractivity contribution in [3.05, 3.63) is 95.8 Å². The van der Waals surface area contributed by atoms with Crippen LogP contribution in [0.2, 0.25) is 0 Å². The number of nitrogens with one attached hydrogen (secondary N) is 5. The molecule has 0 atom stereocenters. The van der Waals surface area contributed by atoms with Gasteiger partial charge in [-0.2, -0.15) is 5.10 Å². The second-order valence-electron chi connectivity index (χ2n) is 7.26. The molecular weight excluding hydrogens is 406 g/mol. The molecule has 5 rings (SSSR count). The van der Waals surface area contributed by atoms with E-state index in [0.29, 0.717) is 23.5 Å². The molecule has 0 spiro atoms. The number of H-pyrrole nitrogens is 2. The fraction of sp³-hybridized carbons (Fsp3) is 0.0435. The van der Waals surface area contributed by atoms with Gasteiger partial charge in [0.1, 0.15) is 0 Å². The average molecular weight is 425 g/mol. The second kappa shape index (κ2) is 8.23. The van der Waals surface area contributed by atoms with E-state index in [1.54, 1.807) is 24.7 Å². The van der Waals surface area contributed by atoms with Crippen molar-refractivity contribution in [2.75, 3.05) is 16.0 Å². The van der Waals surface area contributed by atoms with E-state index >= 15 is 0 Å². The average Bonchev–Trinajstić information content (AvgIpc) is 3.54. The Morgan fingerprint density at radius 3 is 2.78 bits per heavy atom. The first-order chi connectivity index (χ1) is 15.7. The van der Waals surface area contributed by atoms with E-state index in [0.717, 1.165) is 22.4 Å². The zero-order valence-electron chi connectivity index (χ0n) is 16.8. The van der Waals surface area contributed by atoms with Gasteiger partial charge in [-0.05, 0) is 41.8 Å². The topological polar surface area (TPSA) is 128 Å². The number of aromatic nitrogens is 4. The van der Waals surface area contributed by atoms with E-state index in [1.807, 2.05) is 42.5 Å². The molecule has 0 fully saturated rings. The molecule has 9 nitrogen and oxygen atoms in total. The molecule has 32 heavy (non-hydrogen) atoms. The van der Waals surface area contributed by atoms with E-state index in [4.69, 9.17) is 0 Å². The lowest BCUT2D eigenvalue weighted by Crippen LogP contribution is -2.13. The van der Waals surface area contributed by atoms with Gasteiger partial charge in [-0.1, -0.05) is 18.2 Å². The number of benzene rings is 2. The van der Waals surface area contributed by atoms with Crippen molar-refractivity contribution in [2.45, 2.75) is 6.42 Å². The molecule has 0 unspecified atom stereocenters. The first-order valence-corrected chi connectivity index (χ1v) is 9.96. The Kier molecular flexibility index (Phi) is 4.97. The lowest BCUT2D eigenvalue weighted by molar-refractivity contribution is -0.110. The van der Waals surface area contributed by atoms with Gasteiger partial charge in [-0.25, -0.2) is 4.98 Å². The van der Waals surface area contributed by atoms with Crippen molar-refractivity contribution < 1.29 is 9.59 Å². The lowest BCUT2D eigenvalue weighted by Gasteiger charge is -2.08. The van der Waals surface area contributed by atoms with Crippen molar-refractivity contribution in [3.8, 4) is 0 Å². The summed E-state index contributed by atoms with van der Waals surface area (Å²) in [6.45, 7) is 0. The molecule has 5 N–H and O–H groups in total. The maximum atomic E-state index is 12.4. The third kappa shape index (κ3) is 3.99. The van der Waals surface area contributed by atoms with Crippen LogP contribution in [0, 0.1) is 0 Å². The van der Waals surface area contributed by atoms with Gasteiger partial charge in [-0.3, -0.25) is 14.7 Å². The number of amides is 2. The highest BCUT2D eigenvalue weighted by Gasteiger charge is 2.24. The van der Waals surface area contributed by atoms with E-state index in [-0.39, 0.29) is 17.6 Å². The Labute approximate surface area is 183 Å². The van der Waals surface area contributed by atoms with Crippen LogP contribution in [0.3, 0.4) is 0 Å². The number of hydrogen-bond acceptors (Lipinski definition) is 5. The van der Waals surface area contributed by atoms with Crippen LogP contribution >= 0.6 is 0 Å². The molecule has 0 radical (unpaired) electrons. The predicted octanol–water partition coefficient (Wildman–Crippen LogP) is 3.38. The minimum atomic E-state index is -0.298. The summed E-state index contributed by atoms with van der Waals surface area (Å²) < 4.78 is 0. The molecule has 158 valence electrons. The number of rotatable bonds is 6. The Hall–Kier alpha value is -4.66. The Bertz CT molecular complexity index is 1310. The number of imidazole rings is 1. The van der Waals surface area contributed by atoms with Gasteiger partial charge in [0.2, 0.25) is 0 Å². The predicted molar refractivity (Wildman–Crippen MR) is 121 cm³/mol. The van der Waals surface area contributed by atoms with Gasteiger partial charge in [0.25, 0.3) is 11.8 Å². The quantitative estimate of drug-likeness (QED) is 0.303. The van der Waals surface area contributed by atoms with Crippen LogP contribution < -0.4 is 16.0 Å². The van der Waals surface area contributed by atoms with Crippen molar-refractivity contribution in [1.82, 2.24) is 20.2 Å². The fourth-order valence-corrected chi connectivity index (χ4v) is 3.55. The number of carbonyl (C=O) groups excluding carboxylic acids is 2. The summed E-state index contributed by atoms with van der Waals surface area (Å²) in [5, 5.41) is 15.5. The van der Waals surface area contributed by atoms with E-state index < -0.39 is 0 Å². The minimum absolute atomic E-state index is 0.164. The molecule has 2 amide bonds. The molecular formula is C23H19N7O2. The third-order valence-corrected chi connectivity index (χ3v) is 5.04. The summed E-state index contributed by atoms with van der Waals surface area (Å²) in [6, 6.07) is 15.3. The molecule has 0 saturated heterocycles. The maximum Gasteiger partial charge on any atom is 0.291 e. The van der Waals surface area contributed by atoms with Crippen LogP contribution in [0.5, 0.6) is 0 Å². The lowest BCUT2D eigenvalue weighted by atomic mass is 9.99. The summed E-state index contributed by atoms with van der Waals surface area (Å²) >= 11 is 0. The van der Waals surface area contributed by atoms with Gasteiger partial charge in [0.05, 0.1) is 5.57 Å². The van der Waals surface area contributed by atoms with E-state index in [9.17, 15) is 9.59 Å². The molecule has 9 heteroatoms. The second-order valence-corrected chi connectivity index (χ2v) is 7.26. The molecule has 0 saturated carbocycles. The number of anilines is 3. The number of carbonyl (C=O) groups is 2. The highest BCUT2D eigenvalue weighted by atomic mass is 16.2. The van der Waals surface area contributed by atoms with Crippen LogP contribution in [0.1, 0.15) is 27.3 Å². The fourth-order valence-electron chi connectivity index (χ4n) is 3.55. The summed E-state index contributed by atoms with van der Waals surface area (Å²) in [4.78, 5) is 31.4. The summed E-state index contributed by atoms with van der Waals surface area (Å²) in [5.74, 6) is 0.425. The Morgan fingerprint density at radius 2 is 1.97 bits per heavy atom. The normalized spacial score (nSPS) is 13.6. The maximum absolute atomic E-state index is 12.4. The van der Waals surface area contributed by atoms with Gasteiger partial charge < -0.3 is 20.9 Å². The number of aromatic amines is 2. The Morgan fingerprint density at radius 1 is 1.06 bits per heavy atom. The third-order valence-electron chi connectivity index (χ3n) is 5.04. The summed E-state index contributed by atoms with van der Waals surface area (Å²) in [6.07, 6.45) is 7.14. The zero-order chi connectivity index (χ0) is 21.9. The minimum Gasteiger partial charge on any atom is -0.344 e. The van der Waals surface area contributed by atoms with Gasteiger partial charge in [-0.15, -0.1) is 0 Å². The van der Waals surface area contributed by atoms with Crippen LogP contribution in [-0.2, 0) is 11.2 Å². The highest BCUT2D eigenvalue weighted by molar-refractivity contribution is 6.31. The van der Waals surface area contributed by atoms with Gasteiger partial charge in [0.15, 0.2) is 11.6 Å². The zero-order valence-corrected chi connectivity index (χ0v) is 16.8. The van der Waals surface area contributed by atoms with Crippen LogP contribution in [0.25, 0.3) is 5.57 Å². The molecule has 1 aliphatic heterocycles. The summed E-state index contributed by atoms with van der Waals surface area (Å²) in [7, 11) is 0. The number of nitrogens with zero attached hydrogens (tertiary/aromatic N) is 2. The Balaban J connectivity index is 1.34. The number of hydrogen-bond donors (Lipinski definition) is 5. The standard InChI is InChI=1S/C23H19N7O2/c31-22-18(13-26-20-6-7-27-30-20)17-12-15(4-5-19(17)29-22)10-14-2-1-3-16(11-14)28-23(32)21-24-8-9-25-21/h1-9,11-13H,10H2,(H,24,25)(H,28,32)(H,29,31)(H2,26,27,30)/b18-13-.